The van der Waals surface area contributed by atoms with Gasteiger partial charge in [0, 0.05) is 29.2 Å². The van der Waals surface area contributed by atoms with E-state index in [1.54, 1.807) is 0 Å². The van der Waals surface area contributed by atoms with E-state index in [4.69, 9.17) is 0 Å². The average Bonchev–Trinajstić information content (AvgIpc) is 2.47. The first-order valence-electron chi connectivity index (χ1n) is 8.34. The Morgan fingerprint density at radius 3 is 2.73 bits per heavy atom. The molecule has 1 aliphatic rings. The number of hydrogen-bond donors (Lipinski definition) is 1. The number of likely N-dealkylation sites (tertiary alicyclic amines) is 1. The van der Waals surface area contributed by atoms with Gasteiger partial charge in [0.2, 0.25) is 0 Å². The SMILES string of the molecule is Cc1cc(C)c2[nH]c(C)c(CN3CCCC[C@H]3C)c(=O)c2c1. The van der Waals surface area contributed by atoms with Crippen molar-refractivity contribution in [2.45, 2.75) is 59.5 Å². The third kappa shape index (κ3) is 2.70. The van der Waals surface area contributed by atoms with Gasteiger partial charge in [-0.2, -0.15) is 0 Å². The van der Waals surface area contributed by atoms with Gasteiger partial charge < -0.3 is 4.98 Å². The molecule has 3 heteroatoms. The molecule has 1 atom stereocenters. The van der Waals surface area contributed by atoms with Crippen LogP contribution >= 0.6 is 0 Å². The van der Waals surface area contributed by atoms with Gasteiger partial charge in [-0.3, -0.25) is 9.69 Å². The van der Waals surface area contributed by atoms with E-state index in [9.17, 15) is 4.79 Å². The van der Waals surface area contributed by atoms with Crippen molar-refractivity contribution in [3.8, 4) is 0 Å². The van der Waals surface area contributed by atoms with Crippen LogP contribution in [0, 0.1) is 20.8 Å². The van der Waals surface area contributed by atoms with Crippen LogP contribution in [-0.2, 0) is 6.54 Å². The molecule has 1 saturated heterocycles. The molecular formula is C19H26N2O. The van der Waals surface area contributed by atoms with Crippen molar-refractivity contribution < 1.29 is 0 Å². The normalized spacial score (nSPS) is 19.7. The molecular weight excluding hydrogens is 272 g/mol. The van der Waals surface area contributed by atoms with Crippen LogP contribution in [-0.4, -0.2) is 22.5 Å². The molecule has 3 rings (SSSR count). The average molecular weight is 298 g/mol. The first-order chi connectivity index (χ1) is 10.5. The molecule has 1 aliphatic heterocycles. The van der Waals surface area contributed by atoms with E-state index in [-0.39, 0.29) is 5.43 Å². The number of fused-ring (bicyclic) bond motifs is 1. The molecule has 3 nitrogen and oxygen atoms in total. The summed E-state index contributed by atoms with van der Waals surface area (Å²) in [5, 5.41) is 0.836. The fraction of sp³-hybridized carbons (Fsp3) is 0.526. The highest BCUT2D eigenvalue weighted by molar-refractivity contribution is 5.83. The van der Waals surface area contributed by atoms with Gasteiger partial charge in [-0.25, -0.2) is 0 Å². The minimum atomic E-state index is 0.204. The van der Waals surface area contributed by atoms with Crippen molar-refractivity contribution in [2.24, 2.45) is 0 Å². The summed E-state index contributed by atoms with van der Waals surface area (Å²) in [6, 6.07) is 4.72. The molecule has 0 saturated carbocycles. The van der Waals surface area contributed by atoms with Gasteiger partial charge in [0.1, 0.15) is 0 Å². The van der Waals surface area contributed by atoms with Crippen molar-refractivity contribution in [1.82, 2.24) is 9.88 Å². The molecule has 1 N–H and O–H groups in total. The maximum atomic E-state index is 13.0. The molecule has 0 bridgehead atoms. The third-order valence-electron chi connectivity index (χ3n) is 5.07. The summed E-state index contributed by atoms with van der Waals surface area (Å²) in [4.78, 5) is 18.9. The molecule has 118 valence electrons. The van der Waals surface area contributed by atoms with Crippen molar-refractivity contribution in [2.75, 3.05) is 6.54 Å². The highest BCUT2D eigenvalue weighted by Crippen LogP contribution is 2.22. The second-order valence-corrected chi connectivity index (χ2v) is 6.88. The lowest BCUT2D eigenvalue weighted by atomic mass is 10.00. The number of pyridine rings is 1. The minimum absolute atomic E-state index is 0.204. The maximum absolute atomic E-state index is 13.0. The number of nitrogens with one attached hydrogen (secondary N) is 1. The zero-order chi connectivity index (χ0) is 15.9. The van der Waals surface area contributed by atoms with Gasteiger partial charge in [-0.05, 0) is 64.3 Å². The first-order valence-corrected chi connectivity index (χ1v) is 8.34. The monoisotopic (exact) mass is 298 g/mol. The molecule has 1 aromatic heterocycles. The van der Waals surface area contributed by atoms with E-state index in [0.29, 0.717) is 6.04 Å². The van der Waals surface area contributed by atoms with E-state index >= 15 is 0 Å². The van der Waals surface area contributed by atoms with E-state index in [2.05, 4.69) is 36.7 Å². The summed E-state index contributed by atoms with van der Waals surface area (Å²) in [6.07, 6.45) is 3.79. The van der Waals surface area contributed by atoms with Gasteiger partial charge in [-0.1, -0.05) is 12.5 Å². The Balaban J connectivity index is 2.08. The third-order valence-corrected chi connectivity index (χ3v) is 5.07. The topological polar surface area (TPSA) is 36.1 Å². The minimum Gasteiger partial charge on any atom is -0.358 e. The van der Waals surface area contributed by atoms with Crippen LogP contribution < -0.4 is 5.43 Å². The van der Waals surface area contributed by atoms with Gasteiger partial charge in [0.15, 0.2) is 5.43 Å². The largest absolute Gasteiger partial charge is 0.358 e. The maximum Gasteiger partial charge on any atom is 0.194 e. The fourth-order valence-corrected chi connectivity index (χ4v) is 3.69. The highest BCUT2D eigenvalue weighted by Gasteiger charge is 2.21. The zero-order valence-corrected chi connectivity index (χ0v) is 14.1. The Kier molecular flexibility index (Phi) is 4.09. The number of aromatic nitrogens is 1. The van der Waals surface area contributed by atoms with E-state index in [1.165, 1.54) is 19.3 Å². The van der Waals surface area contributed by atoms with E-state index in [0.717, 1.165) is 46.4 Å². The number of piperidine rings is 1. The molecule has 0 amide bonds. The number of benzene rings is 1. The van der Waals surface area contributed by atoms with Crippen LogP contribution in [0.15, 0.2) is 16.9 Å². The number of aryl methyl sites for hydroxylation is 3. The number of hydrogen-bond acceptors (Lipinski definition) is 2. The van der Waals surface area contributed by atoms with Crippen LogP contribution in [0.25, 0.3) is 10.9 Å². The molecule has 0 spiro atoms. The summed E-state index contributed by atoms with van der Waals surface area (Å²) in [5.41, 5.74) is 5.44. The lowest BCUT2D eigenvalue weighted by Crippen LogP contribution is -2.38. The van der Waals surface area contributed by atoms with E-state index in [1.807, 2.05) is 13.0 Å². The van der Waals surface area contributed by atoms with Crippen LogP contribution in [0.2, 0.25) is 0 Å². The smallest absolute Gasteiger partial charge is 0.194 e. The molecule has 0 aliphatic carbocycles. The Morgan fingerprint density at radius 2 is 2.00 bits per heavy atom. The van der Waals surface area contributed by atoms with Crippen LogP contribution in [0.4, 0.5) is 0 Å². The molecule has 1 fully saturated rings. The first kappa shape index (κ1) is 15.3. The summed E-state index contributed by atoms with van der Waals surface area (Å²) < 4.78 is 0. The molecule has 0 radical (unpaired) electrons. The Morgan fingerprint density at radius 1 is 1.23 bits per heavy atom. The van der Waals surface area contributed by atoms with Crippen LogP contribution in [0.1, 0.15) is 48.6 Å². The molecule has 0 unspecified atom stereocenters. The van der Waals surface area contributed by atoms with Gasteiger partial charge in [0.25, 0.3) is 0 Å². The Hall–Kier alpha value is -1.61. The van der Waals surface area contributed by atoms with Gasteiger partial charge in [-0.15, -0.1) is 0 Å². The van der Waals surface area contributed by atoms with Crippen LogP contribution in [0.5, 0.6) is 0 Å². The molecule has 22 heavy (non-hydrogen) atoms. The highest BCUT2D eigenvalue weighted by atomic mass is 16.1. The van der Waals surface area contributed by atoms with Crippen molar-refractivity contribution in [3.63, 3.8) is 0 Å². The van der Waals surface area contributed by atoms with Gasteiger partial charge in [0.05, 0.1) is 5.52 Å². The summed E-state index contributed by atoms with van der Waals surface area (Å²) in [6.45, 7) is 10.3. The molecule has 2 heterocycles. The Bertz CT molecular complexity index is 760. The van der Waals surface area contributed by atoms with E-state index < -0.39 is 0 Å². The number of aromatic amines is 1. The summed E-state index contributed by atoms with van der Waals surface area (Å²) in [7, 11) is 0. The van der Waals surface area contributed by atoms with Crippen molar-refractivity contribution in [3.05, 3.63) is 44.7 Å². The number of rotatable bonds is 2. The fourth-order valence-electron chi connectivity index (χ4n) is 3.69. The predicted molar refractivity (Wildman–Crippen MR) is 92.5 cm³/mol. The molecule has 1 aromatic carbocycles. The summed E-state index contributed by atoms with van der Waals surface area (Å²) in [5.74, 6) is 0. The lowest BCUT2D eigenvalue weighted by molar-refractivity contribution is 0.152. The quantitative estimate of drug-likeness (QED) is 0.914. The second kappa shape index (κ2) is 5.88. The number of H-pyrrole nitrogens is 1. The standard InChI is InChI=1S/C19H26N2O/c1-12-9-13(2)18-16(10-12)19(22)17(15(4)20-18)11-21-8-6-5-7-14(21)3/h9-10,14H,5-8,11H2,1-4H3,(H,20,22)/t14-/m1/s1. The van der Waals surface area contributed by atoms with Crippen molar-refractivity contribution in [1.29, 1.82) is 0 Å². The second-order valence-electron chi connectivity index (χ2n) is 6.88. The van der Waals surface area contributed by atoms with Gasteiger partial charge >= 0.3 is 0 Å². The molecule has 2 aromatic rings. The zero-order valence-electron chi connectivity index (χ0n) is 14.1. The predicted octanol–water partition coefficient (Wildman–Crippen LogP) is 3.83. The summed E-state index contributed by atoms with van der Waals surface area (Å²) >= 11 is 0. The number of nitrogens with zero attached hydrogens (tertiary/aromatic N) is 1. The Labute approximate surface area is 132 Å². The lowest BCUT2D eigenvalue weighted by Gasteiger charge is -2.33. The van der Waals surface area contributed by atoms with Crippen molar-refractivity contribution >= 4 is 10.9 Å². The van der Waals surface area contributed by atoms with Crippen LogP contribution in [0.3, 0.4) is 0 Å².